The first-order valence-corrected chi connectivity index (χ1v) is 6.83. The van der Waals surface area contributed by atoms with E-state index in [-0.39, 0.29) is 4.88 Å². The van der Waals surface area contributed by atoms with Crippen LogP contribution in [0.15, 0.2) is 33.6 Å². The number of thiazole rings is 1. The van der Waals surface area contributed by atoms with Gasteiger partial charge in [-0.3, -0.25) is 4.57 Å². The third kappa shape index (κ3) is 2.50. The second-order valence-corrected chi connectivity index (χ2v) is 5.42. The first kappa shape index (κ1) is 13.3. The minimum absolute atomic E-state index is 0.194. The van der Waals surface area contributed by atoms with E-state index in [9.17, 15) is 9.59 Å². The lowest BCUT2D eigenvalue weighted by Crippen LogP contribution is -2.08. The molecule has 3 rings (SSSR count). The number of aromatic nitrogens is 2. The van der Waals surface area contributed by atoms with Gasteiger partial charge < -0.3 is 9.52 Å². The predicted molar refractivity (Wildman–Crippen MR) is 79.5 cm³/mol. The molecule has 0 saturated carbocycles. The fraction of sp³-hybridized carbons (Fsp3) is 0.0714. The van der Waals surface area contributed by atoms with Crippen molar-refractivity contribution in [1.82, 2.24) is 9.55 Å². The lowest BCUT2D eigenvalue weighted by Gasteiger charge is -1.94. The van der Waals surface area contributed by atoms with E-state index in [2.05, 4.69) is 4.98 Å². The summed E-state index contributed by atoms with van der Waals surface area (Å²) in [5.41, 5.74) is 2.07. The molecule has 0 aliphatic heterocycles. The summed E-state index contributed by atoms with van der Waals surface area (Å²) in [4.78, 5) is 26.4. The van der Waals surface area contributed by atoms with E-state index >= 15 is 0 Å². The number of nitrogens with zero attached hydrogens (tertiary/aromatic N) is 2. The zero-order chi connectivity index (χ0) is 15.0. The third-order valence-corrected chi connectivity index (χ3v) is 3.92. The highest BCUT2D eigenvalue weighted by Gasteiger charge is 2.07. The number of carboxylic acid groups (broad SMARTS) is 1. The molecule has 0 atom stereocenters. The molecule has 0 saturated heterocycles. The molecule has 2 aromatic heterocycles. The van der Waals surface area contributed by atoms with Gasteiger partial charge in [-0.05, 0) is 23.8 Å². The molecule has 0 unspecified atom stereocenters. The molecule has 0 radical (unpaired) electrons. The van der Waals surface area contributed by atoms with Crippen LogP contribution in [0.2, 0.25) is 0 Å². The van der Waals surface area contributed by atoms with E-state index in [1.807, 2.05) is 6.07 Å². The van der Waals surface area contributed by atoms with Crippen molar-refractivity contribution < 1.29 is 14.3 Å². The highest BCUT2D eigenvalue weighted by atomic mass is 32.1. The molecule has 106 valence electrons. The van der Waals surface area contributed by atoms with E-state index in [4.69, 9.17) is 9.52 Å². The fourth-order valence-corrected chi connectivity index (χ4v) is 2.54. The Kier molecular flexibility index (Phi) is 3.19. The van der Waals surface area contributed by atoms with Crippen LogP contribution in [0.5, 0.6) is 0 Å². The molecule has 3 aromatic rings. The van der Waals surface area contributed by atoms with Crippen molar-refractivity contribution in [3.05, 3.63) is 50.4 Å². The maximum absolute atomic E-state index is 11.4. The molecule has 0 amide bonds. The number of carboxylic acids is 1. The summed E-state index contributed by atoms with van der Waals surface area (Å²) in [5, 5.41) is 9.43. The molecule has 0 aliphatic rings. The number of hydrogen-bond acceptors (Lipinski definition) is 5. The zero-order valence-electron chi connectivity index (χ0n) is 10.9. The van der Waals surface area contributed by atoms with Gasteiger partial charge in [-0.15, -0.1) is 11.3 Å². The summed E-state index contributed by atoms with van der Waals surface area (Å²) in [6, 6.07) is 5.39. The van der Waals surface area contributed by atoms with Crippen molar-refractivity contribution in [1.29, 1.82) is 0 Å². The average molecular weight is 302 g/mol. The Hall–Kier alpha value is -2.67. The minimum Gasteiger partial charge on any atom is -0.477 e. The lowest BCUT2D eigenvalue weighted by atomic mass is 10.2. The molecule has 2 heterocycles. The Morgan fingerprint density at radius 2 is 2.24 bits per heavy atom. The highest BCUT2D eigenvalue weighted by Crippen LogP contribution is 2.18. The third-order valence-electron chi connectivity index (χ3n) is 2.97. The molecule has 0 fully saturated rings. The maximum Gasteiger partial charge on any atom is 0.419 e. The first-order chi connectivity index (χ1) is 10.0. The van der Waals surface area contributed by atoms with Crippen molar-refractivity contribution in [2.24, 2.45) is 7.05 Å². The Morgan fingerprint density at radius 1 is 1.43 bits per heavy atom. The summed E-state index contributed by atoms with van der Waals surface area (Å²) < 4.78 is 6.54. The Bertz CT molecular complexity index is 917. The number of aryl methyl sites for hydroxylation is 1. The summed E-state index contributed by atoms with van der Waals surface area (Å²) in [5.74, 6) is -1.39. The largest absolute Gasteiger partial charge is 0.477 e. The van der Waals surface area contributed by atoms with Crippen molar-refractivity contribution >= 4 is 40.6 Å². The van der Waals surface area contributed by atoms with Gasteiger partial charge in [-0.2, -0.15) is 0 Å². The van der Waals surface area contributed by atoms with Gasteiger partial charge in [-0.1, -0.05) is 12.1 Å². The summed E-state index contributed by atoms with van der Waals surface area (Å²) in [7, 11) is 1.65. The van der Waals surface area contributed by atoms with Crippen LogP contribution in [-0.2, 0) is 7.05 Å². The molecule has 6 nitrogen and oxygen atoms in total. The average Bonchev–Trinajstić information content (AvgIpc) is 3.03. The zero-order valence-corrected chi connectivity index (χ0v) is 11.8. The number of carbonyl (C=O) groups is 1. The highest BCUT2D eigenvalue weighted by molar-refractivity contribution is 7.14. The van der Waals surface area contributed by atoms with Gasteiger partial charge in [0.2, 0.25) is 0 Å². The van der Waals surface area contributed by atoms with Crippen LogP contribution in [0, 0.1) is 0 Å². The van der Waals surface area contributed by atoms with Crippen molar-refractivity contribution in [3.8, 4) is 0 Å². The van der Waals surface area contributed by atoms with Crippen LogP contribution >= 0.6 is 11.3 Å². The first-order valence-electron chi connectivity index (χ1n) is 6.01. The van der Waals surface area contributed by atoms with E-state index in [1.165, 1.54) is 10.8 Å². The quantitative estimate of drug-likeness (QED) is 0.803. The van der Waals surface area contributed by atoms with Gasteiger partial charge >= 0.3 is 11.7 Å². The molecule has 7 heteroatoms. The Labute approximate surface area is 122 Å². The van der Waals surface area contributed by atoms with Crippen LogP contribution in [0.1, 0.15) is 20.2 Å². The molecular formula is C14H10N2O4S. The van der Waals surface area contributed by atoms with Crippen LogP contribution in [-0.4, -0.2) is 20.6 Å². The van der Waals surface area contributed by atoms with E-state index < -0.39 is 11.7 Å². The van der Waals surface area contributed by atoms with Gasteiger partial charge in [0.1, 0.15) is 9.88 Å². The number of oxazole rings is 1. The van der Waals surface area contributed by atoms with Gasteiger partial charge in [-0.25, -0.2) is 14.6 Å². The maximum atomic E-state index is 11.4. The van der Waals surface area contributed by atoms with Gasteiger partial charge in [0.15, 0.2) is 5.58 Å². The molecule has 21 heavy (non-hydrogen) atoms. The van der Waals surface area contributed by atoms with Gasteiger partial charge in [0.25, 0.3) is 0 Å². The summed E-state index contributed by atoms with van der Waals surface area (Å²) in [6.45, 7) is 0. The molecular weight excluding hydrogens is 292 g/mol. The second kappa shape index (κ2) is 5.02. The van der Waals surface area contributed by atoms with Crippen LogP contribution < -0.4 is 5.76 Å². The Balaban J connectivity index is 1.91. The van der Waals surface area contributed by atoms with Crippen molar-refractivity contribution in [2.45, 2.75) is 0 Å². The number of benzene rings is 1. The standard InChI is InChI=1S/C14H10N2O4S/c1-16-9-4-2-8(6-10(9)20-14(16)19)3-5-12-15-7-11(21-12)13(17)18/h2-7H,1H3,(H,17,18)/b5-3+. The topological polar surface area (TPSA) is 85.3 Å². The van der Waals surface area contributed by atoms with E-state index in [0.29, 0.717) is 10.6 Å². The molecule has 0 spiro atoms. The van der Waals surface area contributed by atoms with Crippen LogP contribution in [0.3, 0.4) is 0 Å². The normalized spacial score (nSPS) is 11.5. The van der Waals surface area contributed by atoms with Gasteiger partial charge in [0.05, 0.1) is 11.7 Å². The molecule has 1 aromatic carbocycles. The molecule has 1 N–H and O–H groups in total. The van der Waals surface area contributed by atoms with Crippen LogP contribution in [0.25, 0.3) is 23.3 Å². The van der Waals surface area contributed by atoms with E-state index in [1.54, 1.807) is 31.3 Å². The van der Waals surface area contributed by atoms with Crippen molar-refractivity contribution in [2.75, 3.05) is 0 Å². The fourth-order valence-electron chi connectivity index (χ4n) is 1.89. The molecule has 0 bridgehead atoms. The number of rotatable bonds is 3. The number of aromatic carboxylic acids is 1. The summed E-state index contributed by atoms with van der Waals surface area (Å²) in [6.07, 6.45) is 4.84. The second-order valence-electron chi connectivity index (χ2n) is 4.36. The monoisotopic (exact) mass is 302 g/mol. The molecule has 0 aliphatic carbocycles. The number of fused-ring (bicyclic) bond motifs is 1. The summed E-state index contributed by atoms with van der Waals surface area (Å²) >= 11 is 1.10. The Morgan fingerprint density at radius 3 is 2.95 bits per heavy atom. The number of hydrogen-bond donors (Lipinski definition) is 1. The minimum atomic E-state index is -0.986. The SMILES string of the molecule is Cn1c(=O)oc2cc(/C=C/c3ncc(C(=O)O)s3)ccc21. The van der Waals surface area contributed by atoms with E-state index in [0.717, 1.165) is 22.4 Å². The van der Waals surface area contributed by atoms with Crippen molar-refractivity contribution in [3.63, 3.8) is 0 Å². The lowest BCUT2D eigenvalue weighted by molar-refractivity contribution is 0.0702. The predicted octanol–water partition coefficient (Wildman–Crippen LogP) is 2.46. The van der Waals surface area contributed by atoms with Gasteiger partial charge in [0, 0.05) is 7.05 Å². The smallest absolute Gasteiger partial charge is 0.419 e. The van der Waals surface area contributed by atoms with Crippen LogP contribution in [0.4, 0.5) is 0 Å².